The minimum Gasteiger partial charge on any atom is -0.497 e. The fraction of sp³-hybridized carbons (Fsp3) is 0.267. The summed E-state index contributed by atoms with van der Waals surface area (Å²) in [5, 5.41) is 10.1. The Kier molecular flexibility index (Phi) is 4.72. The largest absolute Gasteiger partial charge is 0.497 e. The van der Waals surface area contributed by atoms with Gasteiger partial charge in [-0.15, -0.1) is 11.3 Å². The zero-order chi connectivity index (χ0) is 16.1. The van der Waals surface area contributed by atoms with E-state index in [0.717, 1.165) is 22.2 Å². The standard InChI is InChI=1S/C15H17N5O2S/c1-20-15(17-10-18-20)16-7-11-9-23-14(19-11)8-22-13-5-3-12(21-2)4-6-13/h3-6,9-10H,7-8H2,1-2H3,(H,16,17,18). The monoisotopic (exact) mass is 331 g/mol. The second-order valence-electron chi connectivity index (χ2n) is 4.76. The number of thiazole rings is 1. The van der Waals surface area contributed by atoms with Gasteiger partial charge in [-0.2, -0.15) is 10.1 Å². The van der Waals surface area contributed by atoms with Crippen LogP contribution in [0.25, 0.3) is 0 Å². The number of methoxy groups -OCH3 is 1. The number of aryl methyl sites for hydroxylation is 1. The number of hydrogen-bond acceptors (Lipinski definition) is 7. The van der Waals surface area contributed by atoms with Crippen LogP contribution >= 0.6 is 11.3 Å². The van der Waals surface area contributed by atoms with Crippen LogP contribution in [0.4, 0.5) is 5.95 Å². The molecule has 1 N–H and O–H groups in total. The fourth-order valence-corrected chi connectivity index (χ4v) is 2.64. The lowest BCUT2D eigenvalue weighted by molar-refractivity contribution is 0.304. The van der Waals surface area contributed by atoms with E-state index in [1.807, 2.05) is 36.7 Å². The molecule has 0 unspecified atom stereocenters. The quantitative estimate of drug-likeness (QED) is 0.717. The van der Waals surface area contributed by atoms with Gasteiger partial charge in [0.25, 0.3) is 0 Å². The van der Waals surface area contributed by atoms with Crippen LogP contribution in [0.1, 0.15) is 10.7 Å². The van der Waals surface area contributed by atoms with Crippen molar-refractivity contribution < 1.29 is 9.47 Å². The van der Waals surface area contributed by atoms with Gasteiger partial charge in [0.05, 0.1) is 19.3 Å². The molecule has 0 bridgehead atoms. The van der Waals surface area contributed by atoms with Gasteiger partial charge in [-0.3, -0.25) is 0 Å². The summed E-state index contributed by atoms with van der Waals surface area (Å²) in [5.74, 6) is 2.32. The van der Waals surface area contributed by atoms with Gasteiger partial charge in [0.2, 0.25) is 5.95 Å². The van der Waals surface area contributed by atoms with Crippen LogP contribution in [-0.4, -0.2) is 26.9 Å². The molecule has 8 heteroatoms. The van der Waals surface area contributed by atoms with Gasteiger partial charge in [-0.05, 0) is 24.3 Å². The highest BCUT2D eigenvalue weighted by Gasteiger charge is 2.05. The number of hydrogen-bond donors (Lipinski definition) is 1. The maximum atomic E-state index is 5.72. The number of nitrogens with one attached hydrogen (secondary N) is 1. The SMILES string of the molecule is COc1ccc(OCc2nc(CNc3ncnn3C)cs2)cc1. The van der Waals surface area contributed by atoms with Crippen LogP contribution in [0.15, 0.2) is 36.0 Å². The topological polar surface area (TPSA) is 74.1 Å². The highest BCUT2D eigenvalue weighted by Crippen LogP contribution is 2.19. The Bertz CT molecular complexity index is 753. The van der Waals surface area contributed by atoms with Crippen LogP contribution in [0, 0.1) is 0 Å². The zero-order valence-corrected chi connectivity index (χ0v) is 13.7. The van der Waals surface area contributed by atoms with Crippen molar-refractivity contribution in [3.8, 4) is 11.5 Å². The first-order valence-electron chi connectivity index (χ1n) is 7.02. The van der Waals surface area contributed by atoms with Crippen molar-refractivity contribution in [3.63, 3.8) is 0 Å². The number of aromatic nitrogens is 4. The molecule has 0 fully saturated rings. The third kappa shape index (κ3) is 3.98. The Labute approximate surface area is 137 Å². The average molecular weight is 331 g/mol. The molecule has 120 valence electrons. The molecule has 2 heterocycles. The van der Waals surface area contributed by atoms with E-state index in [9.17, 15) is 0 Å². The first kappa shape index (κ1) is 15.3. The molecule has 1 aromatic carbocycles. The van der Waals surface area contributed by atoms with Crippen LogP contribution in [-0.2, 0) is 20.2 Å². The van der Waals surface area contributed by atoms with E-state index >= 15 is 0 Å². The minimum atomic E-state index is 0.445. The molecule has 23 heavy (non-hydrogen) atoms. The highest BCUT2D eigenvalue weighted by molar-refractivity contribution is 7.09. The van der Waals surface area contributed by atoms with Gasteiger partial charge >= 0.3 is 0 Å². The molecule has 0 aliphatic carbocycles. The summed E-state index contributed by atoms with van der Waals surface area (Å²) in [4.78, 5) is 8.65. The van der Waals surface area contributed by atoms with Gasteiger partial charge in [0.15, 0.2) is 0 Å². The Balaban J connectivity index is 1.51. The predicted molar refractivity (Wildman–Crippen MR) is 87.8 cm³/mol. The summed E-state index contributed by atoms with van der Waals surface area (Å²) < 4.78 is 12.5. The maximum absolute atomic E-state index is 5.72. The normalized spacial score (nSPS) is 10.5. The number of benzene rings is 1. The summed E-state index contributed by atoms with van der Waals surface area (Å²) in [6.07, 6.45) is 1.51. The minimum absolute atomic E-state index is 0.445. The van der Waals surface area contributed by atoms with Crippen LogP contribution in [0.5, 0.6) is 11.5 Å². The summed E-state index contributed by atoms with van der Waals surface area (Å²) in [5.41, 5.74) is 0.950. The molecule has 3 rings (SSSR count). The van der Waals surface area contributed by atoms with E-state index in [-0.39, 0.29) is 0 Å². The van der Waals surface area contributed by atoms with E-state index in [4.69, 9.17) is 9.47 Å². The summed E-state index contributed by atoms with van der Waals surface area (Å²) >= 11 is 1.57. The van der Waals surface area contributed by atoms with Gasteiger partial charge in [-0.25, -0.2) is 9.67 Å². The van der Waals surface area contributed by atoms with Gasteiger partial charge in [-0.1, -0.05) is 0 Å². The first-order chi connectivity index (χ1) is 11.2. The number of ether oxygens (including phenoxy) is 2. The van der Waals surface area contributed by atoms with E-state index in [2.05, 4.69) is 20.4 Å². The van der Waals surface area contributed by atoms with E-state index in [1.165, 1.54) is 6.33 Å². The lowest BCUT2D eigenvalue weighted by Gasteiger charge is -2.05. The zero-order valence-electron chi connectivity index (χ0n) is 12.9. The maximum Gasteiger partial charge on any atom is 0.221 e. The van der Waals surface area contributed by atoms with Crippen molar-refractivity contribution in [1.82, 2.24) is 19.7 Å². The number of anilines is 1. The summed E-state index contributed by atoms with van der Waals surface area (Å²) in [7, 11) is 3.48. The third-order valence-electron chi connectivity index (χ3n) is 3.16. The van der Waals surface area contributed by atoms with Crippen LogP contribution in [0.3, 0.4) is 0 Å². The Morgan fingerprint density at radius 1 is 1.22 bits per heavy atom. The predicted octanol–water partition coefficient (Wildman–Crippen LogP) is 2.47. The highest BCUT2D eigenvalue weighted by atomic mass is 32.1. The van der Waals surface area contributed by atoms with Gasteiger partial charge in [0, 0.05) is 12.4 Å². The molecular formula is C15H17N5O2S. The number of nitrogens with zero attached hydrogens (tertiary/aromatic N) is 4. The molecule has 0 atom stereocenters. The van der Waals surface area contributed by atoms with E-state index in [1.54, 1.807) is 23.1 Å². The second-order valence-corrected chi connectivity index (χ2v) is 5.70. The average Bonchev–Trinajstić information content (AvgIpc) is 3.20. The van der Waals surface area contributed by atoms with Crippen LogP contribution < -0.4 is 14.8 Å². The van der Waals surface area contributed by atoms with Crippen molar-refractivity contribution in [1.29, 1.82) is 0 Å². The molecule has 0 aliphatic rings. The molecule has 0 saturated carbocycles. The van der Waals surface area contributed by atoms with Crippen molar-refractivity contribution in [2.24, 2.45) is 7.05 Å². The third-order valence-corrected chi connectivity index (χ3v) is 4.03. The van der Waals surface area contributed by atoms with E-state index in [0.29, 0.717) is 19.1 Å². The molecule has 7 nitrogen and oxygen atoms in total. The van der Waals surface area contributed by atoms with Gasteiger partial charge < -0.3 is 14.8 Å². The lowest BCUT2D eigenvalue weighted by atomic mass is 10.3. The summed E-state index contributed by atoms with van der Waals surface area (Å²) in [6, 6.07) is 7.49. The molecule has 2 aromatic heterocycles. The smallest absolute Gasteiger partial charge is 0.221 e. The van der Waals surface area contributed by atoms with Crippen molar-refractivity contribution in [2.45, 2.75) is 13.2 Å². The molecule has 0 aliphatic heterocycles. The van der Waals surface area contributed by atoms with Crippen molar-refractivity contribution >= 4 is 17.3 Å². The van der Waals surface area contributed by atoms with Crippen molar-refractivity contribution in [3.05, 3.63) is 46.7 Å². The Morgan fingerprint density at radius 3 is 2.70 bits per heavy atom. The fourth-order valence-electron chi connectivity index (χ4n) is 1.94. The summed E-state index contributed by atoms with van der Waals surface area (Å²) in [6.45, 7) is 1.05. The van der Waals surface area contributed by atoms with Crippen molar-refractivity contribution in [2.75, 3.05) is 12.4 Å². The Hall–Kier alpha value is -2.61. The Morgan fingerprint density at radius 2 is 2.00 bits per heavy atom. The van der Waals surface area contributed by atoms with Crippen LogP contribution in [0.2, 0.25) is 0 Å². The molecular weight excluding hydrogens is 314 g/mol. The van der Waals surface area contributed by atoms with Gasteiger partial charge in [0.1, 0.15) is 29.4 Å². The molecule has 0 amide bonds. The number of rotatable bonds is 7. The molecule has 3 aromatic rings. The second kappa shape index (κ2) is 7.10. The molecule has 0 spiro atoms. The first-order valence-corrected chi connectivity index (χ1v) is 7.90. The van der Waals surface area contributed by atoms with E-state index < -0.39 is 0 Å². The molecule has 0 saturated heterocycles. The molecule has 0 radical (unpaired) electrons. The lowest BCUT2D eigenvalue weighted by Crippen LogP contribution is -2.06.